The van der Waals surface area contributed by atoms with Crippen molar-refractivity contribution >= 4 is 5.91 Å². The van der Waals surface area contributed by atoms with Gasteiger partial charge in [-0.25, -0.2) is 0 Å². The molecule has 0 radical (unpaired) electrons. The van der Waals surface area contributed by atoms with Crippen LogP contribution in [0.4, 0.5) is 0 Å². The van der Waals surface area contributed by atoms with E-state index in [-0.39, 0.29) is 5.91 Å². The third-order valence-electron chi connectivity index (χ3n) is 4.75. The summed E-state index contributed by atoms with van der Waals surface area (Å²) in [6.45, 7) is 11.7. The molecule has 1 aliphatic rings. The van der Waals surface area contributed by atoms with Crippen LogP contribution in [0, 0.1) is 13.8 Å². The van der Waals surface area contributed by atoms with Crippen LogP contribution < -0.4 is 0 Å². The van der Waals surface area contributed by atoms with E-state index in [9.17, 15) is 4.79 Å². The van der Waals surface area contributed by atoms with Gasteiger partial charge in [-0.2, -0.15) is 10.2 Å². The van der Waals surface area contributed by atoms with Gasteiger partial charge in [-0.1, -0.05) is 0 Å². The number of amides is 1. The molecule has 7 nitrogen and oxygen atoms in total. The molecule has 3 heterocycles. The fourth-order valence-electron chi connectivity index (χ4n) is 3.36. The average Bonchev–Trinajstić information content (AvgIpc) is 3.07. The zero-order valence-corrected chi connectivity index (χ0v) is 15.5. The summed E-state index contributed by atoms with van der Waals surface area (Å²) in [5, 5.41) is 8.74. The standard InChI is InChI=1S/C18H28N6O/c1-4-23-13-17(11-19-23)12-21-6-5-7-22(9-8-21)18(25)14-24-16(3)10-15(2)20-24/h10-11,13H,4-9,12,14H2,1-3H3. The Balaban J connectivity index is 1.53. The lowest BCUT2D eigenvalue weighted by atomic mass is 10.3. The quantitative estimate of drug-likeness (QED) is 0.824. The third-order valence-corrected chi connectivity index (χ3v) is 4.75. The predicted octanol–water partition coefficient (Wildman–Crippen LogP) is 1.45. The van der Waals surface area contributed by atoms with Crippen LogP contribution in [-0.2, 0) is 24.4 Å². The molecule has 1 saturated heterocycles. The molecule has 25 heavy (non-hydrogen) atoms. The van der Waals surface area contributed by atoms with Crippen LogP contribution in [0.5, 0.6) is 0 Å². The largest absolute Gasteiger partial charge is 0.340 e. The first-order chi connectivity index (χ1) is 12.0. The number of aromatic nitrogens is 4. The summed E-state index contributed by atoms with van der Waals surface area (Å²) in [7, 11) is 0. The minimum atomic E-state index is 0.159. The van der Waals surface area contributed by atoms with Crippen molar-refractivity contribution in [3.05, 3.63) is 35.4 Å². The molecule has 2 aromatic rings. The first-order valence-corrected chi connectivity index (χ1v) is 9.07. The summed E-state index contributed by atoms with van der Waals surface area (Å²) in [4.78, 5) is 17.0. The van der Waals surface area contributed by atoms with E-state index in [0.29, 0.717) is 6.54 Å². The fraction of sp³-hybridized carbons (Fsp3) is 0.611. The zero-order chi connectivity index (χ0) is 17.8. The number of nitrogens with zero attached hydrogens (tertiary/aromatic N) is 6. The molecule has 0 atom stereocenters. The molecule has 0 bridgehead atoms. The molecule has 136 valence electrons. The SMILES string of the molecule is CCn1cc(CN2CCCN(C(=O)Cn3nc(C)cc3C)CC2)cn1. The molecule has 1 aliphatic heterocycles. The van der Waals surface area contributed by atoms with Gasteiger partial charge in [0.1, 0.15) is 6.54 Å². The lowest BCUT2D eigenvalue weighted by Crippen LogP contribution is -2.37. The molecule has 2 aromatic heterocycles. The van der Waals surface area contributed by atoms with Gasteiger partial charge in [0, 0.05) is 56.7 Å². The molecule has 1 amide bonds. The second-order valence-corrected chi connectivity index (χ2v) is 6.80. The third kappa shape index (κ3) is 4.48. The van der Waals surface area contributed by atoms with Crippen molar-refractivity contribution in [3.63, 3.8) is 0 Å². The number of hydrogen-bond acceptors (Lipinski definition) is 4. The van der Waals surface area contributed by atoms with Crippen molar-refractivity contribution in [2.75, 3.05) is 26.2 Å². The van der Waals surface area contributed by atoms with Gasteiger partial charge in [-0.05, 0) is 33.3 Å². The Morgan fingerprint density at radius 1 is 1.20 bits per heavy atom. The van der Waals surface area contributed by atoms with Crippen molar-refractivity contribution in [3.8, 4) is 0 Å². The van der Waals surface area contributed by atoms with E-state index in [1.807, 2.05) is 35.7 Å². The Morgan fingerprint density at radius 3 is 2.72 bits per heavy atom. The Bertz CT molecular complexity index is 719. The van der Waals surface area contributed by atoms with Crippen LogP contribution in [0.3, 0.4) is 0 Å². The summed E-state index contributed by atoms with van der Waals surface area (Å²) in [5.41, 5.74) is 3.24. The Kier molecular flexibility index (Phi) is 5.53. The minimum absolute atomic E-state index is 0.159. The second-order valence-electron chi connectivity index (χ2n) is 6.80. The van der Waals surface area contributed by atoms with Gasteiger partial charge in [-0.3, -0.25) is 19.1 Å². The molecule has 0 saturated carbocycles. The Labute approximate surface area is 149 Å². The first kappa shape index (κ1) is 17.7. The van der Waals surface area contributed by atoms with Crippen molar-refractivity contribution in [1.29, 1.82) is 0 Å². The highest BCUT2D eigenvalue weighted by Gasteiger charge is 2.20. The lowest BCUT2D eigenvalue weighted by Gasteiger charge is -2.22. The van der Waals surface area contributed by atoms with E-state index in [4.69, 9.17) is 0 Å². The molecular weight excluding hydrogens is 316 g/mol. The maximum Gasteiger partial charge on any atom is 0.244 e. The minimum Gasteiger partial charge on any atom is -0.340 e. The number of rotatable bonds is 5. The molecule has 7 heteroatoms. The maximum absolute atomic E-state index is 12.6. The van der Waals surface area contributed by atoms with Crippen molar-refractivity contribution in [1.82, 2.24) is 29.4 Å². The van der Waals surface area contributed by atoms with Crippen LogP contribution in [-0.4, -0.2) is 61.4 Å². The zero-order valence-electron chi connectivity index (χ0n) is 15.5. The van der Waals surface area contributed by atoms with Crippen molar-refractivity contribution in [2.24, 2.45) is 0 Å². The summed E-state index contributed by atoms with van der Waals surface area (Å²) in [6.07, 6.45) is 5.06. The fourth-order valence-corrected chi connectivity index (χ4v) is 3.36. The highest BCUT2D eigenvalue weighted by Crippen LogP contribution is 2.10. The highest BCUT2D eigenvalue weighted by molar-refractivity contribution is 5.76. The summed E-state index contributed by atoms with van der Waals surface area (Å²) in [6, 6.07) is 2.01. The Hall–Kier alpha value is -2.15. The number of aryl methyl sites for hydroxylation is 3. The van der Waals surface area contributed by atoms with Crippen LogP contribution >= 0.6 is 0 Å². The summed E-state index contributed by atoms with van der Waals surface area (Å²) < 4.78 is 3.76. The van der Waals surface area contributed by atoms with Gasteiger partial charge in [-0.15, -0.1) is 0 Å². The van der Waals surface area contributed by atoms with Gasteiger partial charge in [0.15, 0.2) is 0 Å². The van der Waals surface area contributed by atoms with E-state index in [1.165, 1.54) is 5.56 Å². The van der Waals surface area contributed by atoms with Crippen molar-refractivity contribution < 1.29 is 4.79 Å². The van der Waals surface area contributed by atoms with E-state index >= 15 is 0 Å². The molecule has 0 aliphatic carbocycles. The van der Waals surface area contributed by atoms with Gasteiger partial charge in [0.05, 0.1) is 11.9 Å². The van der Waals surface area contributed by atoms with E-state index in [1.54, 1.807) is 4.68 Å². The molecule has 0 unspecified atom stereocenters. The number of carbonyl (C=O) groups excluding carboxylic acids is 1. The van der Waals surface area contributed by atoms with Crippen LogP contribution in [0.2, 0.25) is 0 Å². The molecule has 3 rings (SSSR count). The van der Waals surface area contributed by atoms with Crippen LogP contribution in [0.1, 0.15) is 30.3 Å². The average molecular weight is 344 g/mol. The summed E-state index contributed by atoms with van der Waals surface area (Å²) >= 11 is 0. The first-order valence-electron chi connectivity index (χ1n) is 9.07. The van der Waals surface area contributed by atoms with Gasteiger partial charge < -0.3 is 4.90 Å². The van der Waals surface area contributed by atoms with Crippen molar-refractivity contribution in [2.45, 2.75) is 46.8 Å². The van der Waals surface area contributed by atoms with Gasteiger partial charge >= 0.3 is 0 Å². The smallest absolute Gasteiger partial charge is 0.244 e. The second kappa shape index (κ2) is 7.82. The number of hydrogen-bond donors (Lipinski definition) is 0. The normalized spacial score (nSPS) is 16.2. The number of carbonyl (C=O) groups is 1. The Morgan fingerprint density at radius 2 is 2.04 bits per heavy atom. The van der Waals surface area contributed by atoms with Crippen LogP contribution in [0.25, 0.3) is 0 Å². The highest BCUT2D eigenvalue weighted by atomic mass is 16.2. The van der Waals surface area contributed by atoms with Gasteiger partial charge in [0.25, 0.3) is 0 Å². The van der Waals surface area contributed by atoms with Gasteiger partial charge in [0.2, 0.25) is 5.91 Å². The molecule has 0 spiro atoms. The van der Waals surface area contributed by atoms with E-state index < -0.39 is 0 Å². The summed E-state index contributed by atoms with van der Waals surface area (Å²) in [5.74, 6) is 0.159. The maximum atomic E-state index is 12.6. The van der Waals surface area contributed by atoms with Crippen LogP contribution in [0.15, 0.2) is 18.5 Å². The molecule has 0 aromatic carbocycles. The van der Waals surface area contributed by atoms with E-state index in [0.717, 1.165) is 57.1 Å². The molecular formula is C18H28N6O. The monoisotopic (exact) mass is 344 g/mol. The lowest BCUT2D eigenvalue weighted by molar-refractivity contribution is -0.131. The molecule has 0 N–H and O–H groups in total. The predicted molar refractivity (Wildman–Crippen MR) is 96.1 cm³/mol. The van der Waals surface area contributed by atoms with E-state index in [2.05, 4.69) is 28.2 Å². The topological polar surface area (TPSA) is 59.2 Å². The molecule has 1 fully saturated rings.